The van der Waals surface area contributed by atoms with Crippen LogP contribution < -0.4 is 5.73 Å². The first-order valence-electron chi connectivity index (χ1n) is 8.86. The van der Waals surface area contributed by atoms with Gasteiger partial charge in [0.25, 0.3) is 0 Å². The number of aromatic nitrogens is 2. The minimum absolute atomic E-state index is 0.276. The van der Waals surface area contributed by atoms with Crippen LogP contribution in [-0.4, -0.2) is 41.3 Å². The first-order valence-corrected chi connectivity index (χ1v) is 8.86. The summed E-state index contributed by atoms with van der Waals surface area (Å²) in [5, 5.41) is 4.15. The van der Waals surface area contributed by atoms with Gasteiger partial charge >= 0.3 is 0 Å². The van der Waals surface area contributed by atoms with E-state index in [0.717, 1.165) is 25.7 Å². The minimum atomic E-state index is -0.521. The Kier molecular flexibility index (Phi) is 4.54. The van der Waals surface area contributed by atoms with Crippen molar-refractivity contribution in [2.24, 2.45) is 5.73 Å². The van der Waals surface area contributed by atoms with Gasteiger partial charge in [0.05, 0.1) is 18.8 Å². The van der Waals surface area contributed by atoms with Crippen LogP contribution in [0.1, 0.15) is 49.0 Å². The molecule has 2 fully saturated rings. The molecule has 0 amide bonds. The van der Waals surface area contributed by atoms with Gasteiger partial charge in [-0.2, -0.15) is 4.98 Å². The molecule has 2 aliphatic rings. The van der Waals surface area contributed by atoms with Crippen molar-refractivity contribution in [2.45, 2.75) is 37.3 Å². The number of hydrogen-bond donors (Lipinski definition) is 1. The molecule has 2 heterocycles. The lowest BCUT2D eigenvalue weighted by molar-refractivity contribution is 0.0174. The van der Waals surface area contributed by atoms with Crippen molar-refractivity contribution in [1.82, 2.24) is 15.0 Å². The molecule has 1 aromatic heterocycles. The number of benzene rings is 1. The van der Waals surface area contributed by atoms with Crippen LogP contribution in [0.3, 0.4) is 0 Å². The fraction of sp³-hybridized carbons (Fsp3) is 0.556. The molecule has 4 rings (SSSR count). The zero-order chi connectivity index (χ0) is 17.3. The Labute approximate surface area is 146 Å². The monoisotopic (exact) mass is 346 g/mol. The van der Waals surface area contributed by atoms with E-state index >= 15 is 0 Å². The lowest BCUT2D eigenvalue weighted by atomic mass is 9.98. The van der Waals surface area contributed by atoms with Gasteiger partial charge < -0.3 is 15.0 Å². The SMILES string of the molecule is NC1(c2noc(C(c3ccccc3F)N3CCOCC3)n2)CCCC1. The maximum atomic E-state index is 14.5. The van der Waals surface area contributed by atoms with Gasteiger partial charge in [0.1, 0.15) is 11.9 Å². The number of rotatable bonds is 4. The summed E-state index contributed by atoms with van der Waals surface area (Å²) in [6.45, 7) is 2.58. The summed E-state index contributed by atoms with van der Waals surface area (Å²) in [6, 6.07) is 6.32. The van der Waals surface area contributed by atoms with Gasteiger partial charge in [0.2, 0.25) is 5.89 Å². The number of nitrogens with two attached hydrogens (primary N) is 1. The van der Waals surface area contributed by atoms with Crippen LogP contribution in [0.25, 0.3) is 0 Å². The number of hydrogen-bond acceptors (Lipinski definition) is 6. The van der Waals surface area contributed by atoms with E-state index < -0.39 is 11.6 Å². The second-order valence-electron chi connectivity index (χ2n) is 6.89. The maximum absolute atomic E-state index is 14.5. The summed E-state index contributed by atoms with van der Waals surface area (Å²) in [6.07, 6.45) is 3.85. The van der Waals surface area contributed by atoms with Crippen molar-refractivity contribution in [2.75, 3.05) is 26.3 Å². The van der Waals surface area contributed by atoms with E-state index in [4.69, 9.17) is 15.0 Å². The summed E-state index contributed by atoms with van der Waals surface area (Å²) < 4.78 is 25.5. The summed E-state index contributed by atoms with van der Waals surface area (Å²) in [5.74, 6) is 0.662. The van der Waals surface area contributed by atoms with Crippen LogP contribution in [0.4, 0.5) is 4.39 Å². The predicted molar refractivity (Wildman–Crippen MR) is 89.3 cm³/mol. The number of ether oxygens (including phenoxy) is 1. The van der Waals surface area contributed by atoms with Crippen molar-refractivity contribution in [3.63, 3.8) is 0 Å². The highest BCUT2D eigenvalue weighted by Gasteiger charge is 2.38. The minimum Gasteiger partial charge on any atom is -0.379 e. The summed E-state index contributed by atoms with van der Waals surface area (Å²) in [5.41, 5.74) is 6.47. The zero-order valence-corrected chi connectivity index (χ0v) is 14.2. The molecular weight excluding hydrogens is 323 g/mol. The first-order chi connectivity index (χ1) is 12.2. The van der Waals surface area contributed by atoms with Crippen molar-refractivity contribution in [3.8, 4) is 0 Å². The van der Waals surface area contributed by atoms with Crippen LogP contribution >= 0.6 is 0 Å². The van der Waals surface area contributed by atoms with Crippen molar-refractivity contribution >= 4 is 0 Å². The van der Waals surface area contributed by atoms with Gasteiger partial charge in [-0.15, -0.1) is 0 Å². The number of halogens is 1. The van der Waals surface area contributed by atoms with Gasteiger partial charge in [-0.1, -0.05) is 36.2 Å². The quantitative estimate of drug-likeness (QED) is 0.916. The molecule has 134 valence electrons. The molecule has 0 spiro atoms. The van der Waals surface area contributed by atoms with Crippen LogP contribution in [0, 0.1) is 5.82 Å². The molecule has 1 saturated carbocycles. The normalized spacial score (nSPS) is 22.2. The maximum Gasteiger partial charge on any atom is 0.248 e. The smallest absolute Gasteiger partial charge is 0.248 e. The largest absolute Gasteiger partial charge is 0.379 e. The summed E-state index contributed by atoms with van der Waals surface area (Å²) in [7, 11) is 0. The fourth-order valence-electron chi connectivity index (χ4n) is 3.80. The fourth-order valence-corrected chi connectivity index (χ4v) is 3.80. The molecule has 1 atom stereocenters. The molecule has 1 aliphatic carbocycles. The summed E-state index contributed by atoms with van der Waals surface area (Å²) >= 11 is 0. The van der Waals surface area contributed by atoms with E-state index in [1.165, 1.54) is 6.07 Å². The van der Waals surface area contributed by atoms with Crippen LogP contribution in [0.15, 0.2) is 28.8 Å². The predicted octanol–water partition coefficient (Wildman–Crippen LogP) is 2.36. The van der Waals surface area contributed by atoms with Crippen LogP contribution in [0.2, 0.25) is 0 Å². The molecule has 2 N–H and O–H groups in total. The Morgan fingerprint density at radius 3 is 2.60 bits per heavy atom. The highest BCUT2D eigenvalue weighted by atomic mass is 19.1. The van der Waals surface area contributed by atoms with Crippen molar-refractivity contribution < 1.29 is 13.7 Å². The molecule has 1 aromatic carbocycles. The molecule has 0 radical (unpaired) electrons. The third-order valence-electron chi connectivity index (χ3n) is 5.23. The molecule has 0 bridgehead atoms. The molecule has 1 aliphatic heterocycles. The average Bonchev–Trinajstić information content (AvgIpc) is 3.28. The molecule has 1 saturated heterocycles. The van der Waals surface area contributed by atoms with E-state index in [2.05, 4.69) is 15.0 Å². The molecule has 7 heteroatoms. The van der Waals surface area contributed by atoms with Crippen LogP contribution in [0.5, 0.6) is 0 Å². The standard InChI is InChI=1S/C18H23FN4O2/c19-14-6-2-1-5-13(14)15(23-9-11-24-12-10-23)16-21-17(22-25-16)18(20)7-3-4-8-18/h1-2,5-6,15H,3-4,7-12,20H2. The van der Waals surface area contributed by atoms with Crippen LogP contribution in [-0.2, 0) is 10.3 Å². The van der Waals surface area contributed by atoms with Crippen molar-refractivity contribution in [3.05, 3.63) is 47.4 Å². The van der Waals surface area contributed by atoms with Gasteiger partial charge in [-0.05, 0) is 18.9 Å². The van der Waals surface area contributed by atoms with E-state index in [1.807, 2.05) is 6.07 Å². The molecule has 2 aromatic rings. The van der Waals surface area contributed by atoms with E-state index in [1.54, 1.807) is 12.1 Å². The lowest BCUT2D eigenvalue weighted by Crippen LogP contribution is -2.40. The Morgan fingerprint density at radius 2 is 1.88 bits per heavy atom. The Balaban J connectivity index is 1.71. The van der Waals surface area contributed by atoms with Crippen molar-refractivity contribution in [1.29, 1.82) is 0 Å². The topological polar surface area (TPSA) is 77.4 Å². The Morgan fingerprint density at radius 1 is 1.16 bits per heavy atom. The third kappa shape index (κ3) is 3.19. The highest BCUT2D eigenvalue weighted by Crippen LogP contribution is 2.36. The van der Waals surface area contributed by atoms with Gasteiger partial charge in [-0.3, -0.25) is 4.90 Å². The van der Waals surface area contributed by atoms with Gasteiger partial charge in [0, 0.05) is 18.7 Å². The van der Waals surface area contributed by atoms with E-state index in [9.17, 15) is 4.39 Å². The molecular formula is C18H23FN4O2. The first kappa shape index (κ1) is 16.6. The van der Waals surface area contributed by atoms with E-state index in [-0.39, 0.29) is 5.82 Å². The van der Waals surface area contributed by atoms with E-state index in [0.29, 0.717) is 43.6 Å². The van der Waals surface area contributed by atoms with Gasteiger partial charge in [-0.25, -0.2) is 4.39 Å². The zero-order valence-electron chi connectivity index (χ0n) is 14.2. The summed E-state index contributed by atoms with van der Waals surface area (Å²) in [4.78, 5) is 6.73. The number of nitrogens with zero attached hydrogens (tertiary/aromatic N) is 3. The molecule has 1 unspecified atom stereocenters. The lowest BCUT2D eigenvalue weighted by Gasteiger charge is -2.32. The Bertz CT molecular complexity index is 723. The second-order valence-corrected chi connectivity index (χ2v) is 6.89. The Hall–Kier alpha value is -1.83. The van der Waals surface area contributed by atoms with Gasteiger partial charge in [0.15, 0.2) is 5.82 Å². The molecule has 6 nitrogen and oxygen atoms in total. The molecule has 25 heavy (non-hydrogen) atoms. The second kappa shape index (κ2) is 6.82. The number of morpholine rings is 1. The average molecular weight is 346 g/mol. The third-order valence-corrected chi connectivity index (χ3v) is 5.23. The highest BCUT2D eigenvalue weighted by molar-refractivity contribution is 5.26.